The van der Waals surface area contributed by atoms with Crippen LogP contribution in [0.4, 0.5) is 39.5 Å². The van der Waals surface area contributed by atoms with Crippen molar-refractivity contribution in [3.8, 4) is 17.2 Å². The molecule has 1 aromatic rings. The lowest BCUT2D eigenvalue weighted by atomic mass is 9.87. The van der Waals surface area contributed by atoms with Gasteiger partial charge in [0, 0.05) is 17.7 Å². The van der Waals surface area contributed by atoms with Crippen LogP contribution in [0.3, 0.4) is 0 Å². The maximum absolute atomic E-state index is 12.8. The van der Waals surface area contributed by atoms with E-state index in [9.17, 15) is 39.5 Å². The van der Waals surface area contributed by atoms with Crippen molar-refractivity contribution in [2.24, 2.45) is 17.6 Å². The van der Waals surface area contributed by atoms with Crippen LogP contribution in [0.1, 0.15) is 32.3 Å². The van der Waals surface area contributed by atoms with E-state index < -0.39 is 47.8 Å². The molecule has 0 bridgehead atoms. The predicted molar refractivity (Wildman–Crippen MR) is 86.8 cm³/mol. The van der Waals surface area contributed by atoms with Gasteiger partial charge in [0.15, 0.2) is 0 Å². The van der Waals surface area contributed by atoms with Gasteiger partial charge >= 0.3 is 19.1 Å². The molecule has 1 aromatic carbocycles. The Morgan fingerprint density at radius 1 is 0.833 bits per heavy atom. The molecule has 0 radical (unpaired) electrons. The summed E-state index contributed by atoms with van der Waals surface area (Å²) in [5, 5.41) is 0. The van der Waals surface area contributed by atoms with E-state index in [4.69, 9.17) is 5.73 Å². The smallest absolute Gasteiger partial charge is 0.406 e. The van der Waals surface area contributed by atoms with Gasteiger partial charge in [-0.15, -0.1) is 39.5 Å². The third kappa shape index (κ3) is 9.63. The minimum Gasteiger partial charge on any atom is -0.406 e. The third-order valence-corrected chi connectivity index (χ3v) is 4.03. The first-order valence-corrected chi connectivity index (χ1v) is 8.67. The Morgan fingerprint density at radius 2 is 1.27 bits per heavy atom. The molecule has 30 heavy (non-hydrogen) atoms. The van der Waals surface area contributed by atoms with E-state index >= 15 is 0 Å². The molecule has 0 aliphatic rings. The Bertz CT molecular complexity index is 650. The molecular formula is C17H20F9NO3. The van der Waals surface area contributed by atoms with E-state index in [2.05, 4.69) is 14.2 Å². The van der Waals surface area contributed by atoms with Crippen LogP contribution in [0.5, 0.6) is 17.2 Å². The molecule has 0 amide bonds. The standard InChI is InChI=1S/C17H20F9NO3/c1-3-10(4-9(2)8-27)5-12-13(29-16(21,22)23)6-11(28-15(18,19)20)7-14(12)30-17(24,25)26/h6-7,9-10H,3-5,8,27H2,1-2H3. The maximum atomic E-state index is 12.8. The second-order valence-corrected chi connectivity index (χ2v) is 6.60. The molecule has 2 atom stereocenters. The zero-order valence-corrected chi connectivity index (χ0v) is 15.8. The van der Waals surface area contributed by atoms with Crippen molar-refractivity contribution in [2.45, 2.75) is 52.2 Å². The maximum Gasteiger partial charge on any atom is 0.573 e. The SMILES string of the molecule is CCC(Cc1c(OC(F)(F)F)cc(OC(F)(F)F)cc1OC(F)(F)F)CC(C)CN. The quantitative estimate of drug-likeness (QED) is 0.467. The number of benzene rings is 1. The highest BCUT2D eigenvalue weighted by Gasteiger charge is 2.38. The van der Waals surface area contributed by atoms with Gasteiger partial charge in [-0.2, -0.15) is 0 Å². The molecule has 0 aliphatic carbocycles. The fourth-order valence-corrected chi connectivity index (χ4v) is 2.77. The molecule has 13 heteroatoms. The summed E-state index contributed by atoms with van der Waals surface area (Å²) in [5.74, 6) is -4.44. The highest BCUT2D eigenvalue weighted by molar-refractivity contribution is 5.51. The van der Waals surface area contributed by atoms with E-state index in [0.29, 0.717) is 12.8 Å². The van der Waals surface area contributed by atoms with Crippen molar-refractivity contribution < 1.29 is 53.7 Å². The number of hydrogen-bond donors (Lipinski definition) is 1. The van der Waals surface area contributed by atoms with Crippen molar-refractivity contribution in [1.29, 1.82) is 0 Å². The van der Waals surface area contributed by atoms with Crippen molar-refractivity contribution in [3.05, 3.63) is 17.7 Å². The first-order valence-electron chi connectivity index (χ1n) is 8.67. The summed E-state index contributed by atoms with van der Waals surface area (Å²) in [6, 6.07) is 0.442. The monoisotopic (exact) mass is 457 g/mol. The van der Waals surface area contributed by atoms with Crippen LogP contribution in [-0.2, 0) is 6.42 Å². The average molecular weight is 457 g/mol. The van der Waals surface area contributed by atoms with E-state index in [1.165, 1.54) is 0 Å². The summed E-state index contributed by atoms with van der Waals surface area (Å²) >= 11 is 0. The minimum atomic E-state index is -5.38. The first-order chi connectivity index (χ1) is 13.5. The molecule has 0 saturated carbocycles. The summed E-state index contributed by atoms with van der Waals surface area (Å²) in [7, 11) is 0. The van der Waals surface area contributed by atoms with Gasteiger partial charge in [0.1, 0.15) is 17.2 Å². The molecule has 0 heterocycles. The topological polar surface area (TPSA) is 53.7 Å². The van der Waals surface area contributed by atoms with Gasteiger partial charge in [-0.3, -0.25) is 0 Å². The number of halogens is 9. The Balaban J connectivity index is 3.53. The molecule has 1 rings (SSSR count). The number of hydrogen-bond acceptors (Lipinski definition) is 4. The van der Waals surface area contributed by atoms with E-state index in [0.717, 1.165) is 0 Å². The van der Waals surface area contributed by atoms with E-state index in [-0.39, 0.29) is 31.0 Å². The first kappa shape index (κ1) is 26.0. The lowest BCUT2D eigenvalue weighted by molar-refractivity contribution is -0.278. The Morgan fingerprint density at radius 3 is 1.60 bits per heavy atom. The molecule has 0 saturated heterocycles. The van der Waals surface area contributed by atoms with E-state index in [1.54, 1.807) is 13.8 Å². The zero-order valence-electron chi connectivity index (χ0n) is 15.8. The highest BCUT2D eigenvalue weighted by atomic mass is 19.4. The van der Waals surface area contributed by atoms with Gasteiger partial charge in [-0.25, -0.2) is 0 Å². The van der Waals surface area contributed by atoms with Crippen LogP contribution in [0.25, 0.3) is 0 Å². The second kappa shape index (κ2) is 9.84. The molecule has 0 fully saturated rings. The molecule has 0 spiro atoms. The second-order valence-electron chi connectivity index (χ2n) is 6.60. The van der Waals surface area contributed by atoms with Gasteiger partial charge < -0.3 is 19.9 Å². The van der Waals surface area contributed by atoms with Crippen LogP contribution in [0.2, 0.25) is 0 Å². The van der Waals surface area contributed by atoms with Crippen LogP contribution >= 0.6 is 0 Å². The van der Waals surface area contributed by atoms with E-state index in [1.807, 2.05) is 0 Å². The minimum absolute atomic E-state index is 0.0956. The summed E-state index contributed by atoms with van der Waals surface area (Å²) in [6.07, 6.45) is -15.8. The Labute approximate surface area is 166 Å². The highest BCUT2D eigenvalue weighted by Crippen LogP contribution is 2.42. The summed E-state index contributed by atoms with van der Waals surface area (Å²) in [4.78, 5) is 0. The number of ether oxygens (including phenoxy) is 3. The van der Waals surface area contributed by atoms with Gasteiger partial charge in [-0.1, -0.05) is 20.3 Å². The molecule has 2 N–H and O–H groups in total. The number of rotatable bonds is 9. The lowest BCUT2D eigenvalue weighted by Crippen LogP contribution is -2.23. The molecule has 4 nitrogen and oxygen atoms in total. The van der Waals surface area contributed by atoms with Crippen molar-refractivity contribution in [3.63, 3.8) is 0 Å². The van der Waals surface area contributed by atoms with Crippen molar-refractivity contribution in [2.75, 3.05) is 6.54 Å². The molecule has 2 unspecified atom stereocenters. The number of alkyl halides is 9. The Hall–Kier alpha value is -2.05. The van der Waals surface area contributed by atoms with Crippen LogP contribution in [0, 0.1) is 11.8 Å². The normalized spacial score (nSPS) is 14.9. The summed E-state index contributed by atoms with van der Waals surface area (Å²) in [5.41, 5.74) is 4.82. The van der Waals surface area contributed by atoms with Crippen LogP contribution < -0.4 is 19.9 Å². The van der Waals surface area contributed by atoms with Gasteiger partial charge in [0.2, 0.25) is 0 Å². The van der Waals surface area contributed by atoms with Crippen LogP contribution in [0.15, 0.2) is 12.1 Å². The van der Waals surface area contributed by atoms with Crippen LogP contribution in [-0.4, -0.2) is 25.6 Å². The van der Waals surface area contributed by atoms with Gasteiger partial charge in [0.05, 0.1) is 0 Å². The molecule has 174 valence electrons. The van der Waals surface area contributed by atoms with Gasteiger partial charge in [0.25, 0.3) is 0 Å². The average Bonchev–Trinajstić information content (AvgIpc) is 2.52. The summed E-state index contributed by atoms with van der Waals surface area (Å²) in [6.45, 7) is 3.62. The molecular weight excluding hydrogens is 437 g/mol. The molecule has 0 aliphatic heterocycles. The van der Waals surface area contributed by atoms with Crippen molar-refractivity contribution in [1.82, 2.24) is 0 Å². The Kier molecular flexibility index (Phi) is 8.52. The third-order valence-electron chi connectivity index (χ3n) is 4.03. The predicted octanol–water partition coefficient (Wildman–Crippen LogP) is 5.94. The summed E-state index contributed by atoms with van der Waals surface area (Å²) < 4.78 is 125. The zero-order chi connectivity index (χ0) is 23.3. The lowest BCUT2D eigenvalue weighted by Gasteiger charge is -2.24. The number of nitrogens with two attached hydrogens (primary N) is 1. The van der Waals surface area contributed by atoms with Crippen molar-refractivity contribution >= 4 is 0 Å². The fraction of sp³-hybridized carbons (Fsp3) is 0.647. The fourth-order valence-electron chi connectivity index (χ4n) is 2.77. The largest absolute Gasteiger partial charge is 0.573 e. The molecule has 0 aromatic heterocycles. The van der Waals surface area contributed by atoms with Gasteiger partial charge in [-0.05, 0) is 31.2 Å².